The highest BCUT2D eigenvalue weighted by Gasteiger charge is 2.09. The van der Waals surface area contributed by atoms with Crippen molar-refractivity contribution in [2.45, 2.75) is 19.8 Å². The quantitative estimate of drug-likeness (QED) is 0.727. The van der Waals surface area contributed by atoms with Gasteiger partial charge < -0.3 is 4.74 Å². The van der Waals surface area contributed by atoms with Gasteiger partial charge in [-0.2, -0.15) is 0 Å². The van der Waals surface area contributed by atoms with Crippen LogP contribution in [0.2, 0.25) is 0 Å². The van der Waals surface area contributed by atoms with Crippen LogP contribution in [-0.2, 0) is 4.79 Å². The Hall–Kier alpha value is -1.90. The number of aryl methyl sites for hydroxylation is 1. The van der Waals surface area contributed by atoms with Crippen molar-refractivity contribution in [3.63, 3.8) is 0 Å². The lowest BCUT2D eigenvalue weighted by molar-refractivity contribution is -0.105. The molecule has 0 N–H and O–H groups in total. The molecular weight excluding hydrogens is 202 g/mol. The van der Waals surface area contributed by atoms with E-state index in [1.165, 1.54) is 0 Å². The van der Waals surface area contributed by atoms with Gasteiger partial charge in [-0.05, 0) is 38.0 Å². The number of carbonyl (C=O) groups is 1. The Morgan fingerprint density at radius 3 is 3.00 bits per heavy atom. The highest BCUT2D eigenvalue weighted by Crippen LogP contribution is 2.21. The highest BCUT2D eigenvalue weighted by atomic mass is 16.5. The average molecular weight is 215 g/mol. The van der Waals surface area contributed by atoms with Crippen LogP contribution in [0.1, 0.15) is 18.5 Å². The first-order valence-electron chi connectivity index (χ1n) is 5.25. The number of aldehydes is 1. The number of aromatic nitrogens is 1. The van der Waals surface area contributed by atoms with E-state index in [-0.39, 0.29) is 0 Å². The average Bonchev–Trinajstić information content (AvgIpc) is 2.33. The summed E-state index contributed by atoms with van der Waals surface area (Å²) in [6.07, 6.45) is 8.01. The number of hydrogen-bond donors (Lipinski definition) is 0. The molecule has 1 aliphatic rings. The summed E-state index contributed by atoms with van der Waals surface area (Å²) in [5, 5.41) is 0. The number of rotatable bonds is 3. The lowest BCUT2D eigenvalue weighted by Gasteiger charge is -2.12. The molecule has 0 atom stereocenters. The summed E-state index contributed by atoms with van der Waals surface area (Å²) >= 11 is 0. The summed E-state index contributed by atoms with van der Waals surface area (Å²) in [7, 11) is 0. The second-order valence-electron chi connectivity index (χ2n) is 3.69. The minimum atomic E-state index is 0.631. The molecule has 3 heteroatoms. The van der Waals surface area contributed by atoms with Crippen molar-refractivity contribution in [2.75, 3.05) is 0 Å². The predicted octanol–water partition coefficient (Wildman–Crippen LogP) is 2.57. The fourth-order valence-corrected chi connectivity index (χ4v) is 1.52. The van der Waals surface area contributed by atoms with Gasteiger partial charge in [-0.1, -0.05) is 6.08 Å². The molecule has 0 bridgehead atoms. The first-order chi connectivity index (χ1) is 7.79. The predicted molar refractivity (Wildman–Crippen MR) is 61.1 cm³/mol. The van der Waals surface area contributed by atoms with E-state index in [9.17, 15) is 4.79 Å². The third kappa shape index (κ3) is 2.37. The molecular formula is C13H13NO2. The molecule has 0 unspecified atom stereocenters. The van der Waals surface area contributed by atoms with Crippen LogP contribution in [0.5, 0.6) is 5.75 Å². The Morgan fingerprint density at radius 1 is 1.44 bits per heavy atom. The van der Waals surface area contributed by atoms with Crippen LogP contribution >= 0.6 is 0 Å². The minimum absolute atomic E-state index is 0.631. The van der Waals surface area contributed by atoms with Gasteiger partial charge in [-0.25, -0.2) is 0 Å². The summed E-state index contributed by atoms with van der Waals surface area (Å²) in [5.74, 6) is 1.29. The van der Waals surface area contributed by atoms with Crippen LogP contribution in [0.4, 0.5) is 0 Å². The first-order valence-corrected chi connectivity index (χ1v) is 5.25. The number of pyridine rings is 1. The third-order valence-corrected chi connectivity index (χ3v) is 2.42. The second kappa shape index (κ2) is 4.75. The molecule has 3 nitrogen and oxygen atoms in total. The molecule has 82 valence electrons. The van der Waals surface area contributed by atoms with Crippen molar-refractivity contribution >= 4 is 6.29 Å². The van der Waals surface area contributed by atoms with E-state index in [4.69, 9.17) is 4.74 Å². The van der Waals surface area contributed by atoms with Gasteiger partial charge in [-0.15, -0.1) is 0 Å². The summed E-state index contributed by atoms with van der Waals surface area (Å²) in [4.78, 5) is 15.0. The normalized spacial score (nSPS) is 15.1. The molecule has 0 radical (unpaired) electrons. The van der Waals surface area contributed by atoms with Crippen LogP contribution < -0.4 is 4.74 Å². The largest absolute Gasteiger partial charge is 0.455 e. The van der Waals surface area contributed by atoms with Crippen molar-refractivity contribution in [3.8, 4) is 5.75 Å². The molecule has 16 heavy (non-hydrogen) atoms. The molecule has 2 rings (SSSR count). The lowest BCUT2D eigenvalue weighted by atomic mass is 10.1. The number of carbonyl (C=O) groups excluding carboxylic acids is 1. The summed E-state index contributed by atoms with van der Waals surface area (Å²) < 4.78 is 5.61. The molecule has 1 aliphatic carbocycles. The van der Waals surface area contributed by atoms with Crippen LogP contribution in [0.3, 0.4) is 0 Å². The molecule has 1 heterocycles. The first kappa shape index (κ1) is 10.6. The molecule has 1 aromatic rings. The zero-order chi connectivity index (χ0) is 11.4. The highest BCUT2D eigenvalue weighted by molar-refractivity contribution is 5.75. The van der Waals surface area contributed by atoms with Gasteiger partial charge >= 0.3 is 0 Å². The maximum Gasteiger partial charge on any atom is 0.149 e. The zero-order valence-electron chi connectivity index (χ0n) is 9.14. The Labute approximate surface area is 94.5 Å². The Bertz CT molecular complexity index is 444. The van der Waals surface area contributed by atoms with Gasteiger partial charge in [0.1, 0.15) is 17.8 Å². The van der Waals surface area contributed by atoms with Crippen LogP contribution in [0, 0.1) is 6.92 Å². The fraction of sp³-hybridized carbons (Fsp3) is 0.231. The fourth-order valence-electron chi connectivity index (χ4n) is 1.52. The van der Waals surface area contributed by atoms with E-state index in [0.29, 0.717) is 17.1 Å². The molecule has 0 amide bonds. The monoisotopic (exact) mass is 215 g/mol. The van der Waals surface area contributed by atoms with E-state index >= 15 is 0 Å². The standard InChI is InChI=1S/C13H13NO2/c1-10-6-7-12(8-14-10)16-13-5-3-2-4-11(13)9-15/h3,5-9H,2,4H2,1H3. The SMILES string of the molecule is Cc1ccc(OC2=C(C=O)CCC=C2)cn1. The smallest absolute Gasteiger partial charge is 0.149 e. The minimum Gasteiger partial charge on any atom is -0.455 e. The van der Waals surface area contributed by atoms with Gasteiger partial charge in [0.05, 0.1) is 6.20 Å². The Balaban J connectivity index is 2.20. The second-order valence-corrected chi connectivity index (χ2v) is 3.69. The van der Waals surface area contributed by atoms with Crippen molar-refractivity contribution in [1.82, 2.24) is 4.98 Å². The van der Waals surface area contributed by atoms with E-state index in [0.717, 1.165) is 24.8 Å². The van der Waals surface area contributed by atoms with Crippen molar-refractivity contribution in [1.29, 1.82) is 0 Å². The lowest BCUT2D eigenvalue weighted by Crippen LogP contribution is -2.03. The maximum atomic E-state index is 10.8. The number of nitrogens with zero attached hydrogens (tertiary/aromatic N) is 1. The van der Waals surface area contributed by atoms with E-state index < -0.39 is 0 Å². The molecule has 0 aliphatic heterocycles. The van der Waals surface area contributed by atoms with Crippen molar-refractivity contribution < 1.29 is 9.53 Å². The number of ether oxygens (including phenoxy) is 1. The van der Waals surface area contributed by atoms with Crippen LogP contribution in [0.15, 0.2) is 41.8 Å². The molecule has 0 spiro atoms. The van der Waals surface area contributed by atoms with Gasteiger partial charge in [0.15, 0.2) is 0 Å². The Morgan fingerprint density at radius 2 is 2.31 bits per heavy atom. The zero-order valence-corrected chi connectivity index (χ0v) is 9.14. The van der Waals surface area contributed by atoms with Crippen molar-refractivity contribution in [3.05, 3.63) is 47.5 Å². The summed E-state index contributed by atoms with van der Waals surface area (Å²) in [6.45, 7) is 1.92. The molecule has 0 saturated carbocycles. The summed E-state index contributed by atoms with van der Waals surface area (Å²) in [6, 6.07) is 3.73. The number of allylic oxidation sites excluding steroid dienone is 3. The van der Waals surface area contributed by atoms with Gasteiger partial charge in [0.25, 0.3) is 0 Å². The van der Waals surface area contributed by atoms with E-state index in [2.05, 4.69) is 4.98 Å². The van der Waals surface area contributed by atoms with Gasteiger partial charge in [0, 0.05) is 11.3 Å². The third-order valence-electron chi connectivity index (χ3n) is 2.42. The van der Waals surface area contributed by atoms with Crippen LogP contribution in [0.25, 0.3) is 0 Å². The van der Waals surface area contributed by atoms with Crippen LogP contribution in [-0.4, -0.2) is 11.3 Å². The number of hydrogen-bond acceptors (Lipinski definition) is 3. The molecule has 1 aromatic heterocycles. The molecule has 0 fully saturated rings. The van der Waals surface area contributed by atoms with E-state index in [1.54, 1.807) is 6.20 Å². The topological polar surface area (TPSA) is 39.2 Å². The molecule has 0 saturated heterocycles. The van der Waals surface area contributed by atoms with E-state index in [1.807, 2.05) is 31.2 Å². The Kier molecular flexibility index (Phi) is 3.15. The van der Waals surface area contributed by atoms with Gasteiger partial charge in [-0.3, -0.25) is 9.78 Å². The van der Waals surface area contributed by atoms with Gasteiger partial charge in [0.2, 0.25) is 0 Å². The summed E-state index contributed by atoms with van der Waals surface area (Å²) in [5.41, 5.74) is 1.65. The molecule has 0 aromatic carbocycles. The van der Waals surface area contributed by atoms with Crippen molar-refractivity contribution in [2.24, 2.45) is 0 Å². The maximum absolute atomic E-state index is 10.8.